The van der Waals surface area contributed by atoms with Gasteiger partial charge < -0.3 is 4.12 Å². The van der Waals surface area contributed by atoms with Crippen molar-refractivity contribution >= 4 is 27.6 Å². The zero-order valence-electron chi connectivity index (χ0n) is 7.41. The summed E-state index contributed by atoms with van der Waals surface area (Å²) in [6, 6.07) is 0. The summed E-state index contributed by atoms with van der Waals surface area (Å²) in [5.74, 6) is 0. The molecule has 0 atom stereocenters. The van der Waals surface area contributed by atoms with Crippen molar-refractivity contribution in [3.05, 3.63) is 0 Å². The molecule has 10 heavy (non-hydrogen) atoms. The standard InChI is InChI=1S/C6H18OSi2.H4Si/c1-8(2,3)7-9(4,5)6;/h1-6H3;1H4. The van der Waals surface area contributed by atoms with Crippen LogP contribution in [0.5, 0.6) is 0 Å². The van der Waals surface area contributed by atoms with Gasteiger partial charge in [0.15, 0.2) is 16.6 Å². The van der Waals surface area contributed by atoms with E-state index in [9.17, 15) is 0 Å². The minimum atomic E-state index is -1.23. The molecular formula is C6H22OSi3. The van der Waals surface area contributed by atoms with E-state index in [4.69, 9.17) is 4.12 Å². The molecule has 0 aromatic rings. The van der Waals surface area contributed by atoms with E-state index < -0.39 is 16.6 Å². The third kappa shape index (κ3) is 11.4. The Kier molecular flexibility index (Phi) is 5.08. The molecule has 0 saturated heterocycles. The highest BCUT2D eigenvalue weighted by atomic mass is 28.4. The van der Waals surface area contributed by atoms with Crippen LogP contribution in [-0.4, -0.2) is 27.6 Å². The summed E-state index contributed by atoms with van der Waals surface area (Å²) < 4.78 is 5.90. The molecule has 1 nitrogen and oxygen atoms in total. The van der Waals surface area contributed by atoms with Crippen LogP contribution in [-0.2, 0) is 4.12 Å². The van der Waals surface area contributed by atoms with E-state index >= 15 is 0 Å². The van der Waals surface area contributed by atoms with Crippen LogP contribution in [0.2, 0.25) is 39.3 Å². The second kappa shape index (κ2) is 3.85. The van der Waals surface area contributed by atoms with Gasteiger partial charge in [-0.05, 0) is 50.2 Å². The molecule has 0 aliphatic heterocycles. The van der Waals surface area contributed by atoms with Crippen LogP contribution in [0.15, 0.2) is 0 Å². The molecule has 64 valence electrons. The highest BCUT2D eigenvalue weighted by Crippen LogP contribution is 2.12. The summed E-state index contributed by atoms with van der Waals surface area (Å²) in [7, 11) is -2.46. The molecule has 0 aromatic heterocycles. The second-order valence-electron chi connectivity index (χ2n) is 4.33. The maximum absolute atomic E-state index is 5.90. The summed E-state index contributed by atoms with van der Waals surface area (Å²) in [6.07, 6.45) is 0. The lowest BCUT2D eigenvalue weighted by Gasteiger charge is -2.27. The summed E-state index contributed by atoms with van der Waals surface area (Å²) in [6.45, 7) is 13.4. The van der Waals surface area contributed by atoms with Crippen molar-refractivity contribution in [2.45, 2.75) is 39.3 Å². The van der Waals surface area contributed by atoms with E-state index in [0.29, 0.717) is 0 Å². The molecule has 0 unspecified atom stereocenters. The van der Waals surface area contributed by atoms with Gasteiger partial charge in [0, 0.05) is 0 Å². The molecule has 0 N–H and O–H groups in total. The molecule has 0 amide bonds. The Morgan fingerprint density at radius 1 is 0.700 bits per heavy atom. The van der Waals surface area contributed by atoms with Gasteiger partial charge in [0.25, 0.3) is 0 Å². The smallest absolute Gasteiger partial charge is 0.170 e. The van der Waals surface area contributed by atoms with Crippen molar-refractivity contribution in [1.82, 2.24) is 0 Å². The second-order valence-corrected chi connectivity index (χ2v) is 13.6. The fraction of sp³-hybridized carbons (Fsp3) is 1.00. The third-order valence-corrected chi connectivity index (χ3v) is 5.51. The highest BCUT2D eigenvalue weighted by Gasteiger charge is 2.24. The first kappa shape index (κ1) is 13.2. The van der Waals surface area contributed by atoms with E-state index in [2.05, 4.69) is 39.3 Å². The summed E-state index contributed by atoms with van der Waals surface area (Å²) in [5, 5.41) is 0. The average molecular weight is 194 g/mol. The molecule has 0 heterocycles. The van der Waals surface area contributed by atoms with Gasteiger partial charge in [-0.15, -0.1) is 0 Å². The first-order valence-corrected chi connectivity index (χ1v) is 10.2. The quantitative estimate of drug-likeness (QED) is 0.601. The van der Waals surface area contributed by atoms with E-state index in [1.54, 1.807) is 0 Å². The monoisotopic (exact) mass is 194 g/mol. The molecular weight excluding hydrogens is 172 g/mol. The van der Waals surface area contributed by atoms with Crippen LogP contribution in [0.25, 0.3) is 0 Å². The van der Waals surface area contributed by atoms with Crippen molar-refractivity contribution in [3.8, 4) is 0 Å². The lowest BCUT2D eigenvalue weighted by atomic mass is 11.8. The largest absolute Gasteiger partial charge is 0.456 e. The minimum absolute atomic E-state index is 0. The van der Waals surface area contributed by atoms with Gasteiger partial charge in [0.1, 0.15) is 0 Å². The van der Waals surface area contributed by atoms with Crippen molar-refractivity contribution in [2.75, 3.05) is 0 Å². The molecule has 0 aromatic carbocycles. The maximum atomic E-state index is 5.90. The normalized spacial score (nSPS) is 12.6. The van der Waals surface area contributed by atoms with E-state index in [0.717, 1.165) is 0 Å². The topological polar surface area (TPSA) is 9.23 Å². The zero-order chi connectivity index (χ0) is 7.71. The molecule has 0 bridgehead atoms. The Bertz CT molecular complexity index is 78.1. The van der Waals surface area contributed by atoms with E-state index in [-0.39, 0.29) is 11.0 Å². The highest BCUT2D eigenvalue weighted by molar-refractivity contribution is 6.83. The molecule has 0 radical (unpaired) electrons. The molecule has 4 heteroatoms. The van der Waals surface area contributed by atoms with Crippen molar-refractivity contribution in [1.29, 1.82) is 0 Å². The third-order valence-electron chi connectivity index (χ3n) is 0.612. The van der Waals surface area contributed by atoms with Crippen molar-refractivity contribution in [3.63, 3.8) is 0 Å². The average Bonchev–Trinajstić information content (AvgIpc) is 1.14. The van der Waals surface area contributed by atoms with Crippen LogP contribution in [0.3, 0.4) is 0 Å². The van der Waals surface area contributed by atoms with Crippen LogP contribution in [0.1, 0.15) is 0 Å². The molecule has 0 aliphatic rings. The molecule has 0 saturated carbocycles. The summed E-state index contributed by atoms with van der Waals surface area (Å²) in [4.78, 5) is 0. The number of rotatable bonds is 2. The Morgan fingerprint density at radius 3 is 0.900 bits per heavy atom. The predicted molar refractivity (Wildman–Crippen MR) is 59.1 cm³/mol. The molecule has 0 rings (SSSR count). The van der Waals surface area contributed by atoms with Gasteiger partial charge in [0.2, 0.25) is 0 Å². The molecule has 0 aliphatic carbocycles. The summed E-state index contributed by atoms with van der Waals surface area (Å²) in [5.41, 5.74) is 0. The van der Waals surface area contributed by atoms with Crippen LogP contribution >= 0.6 is 0 Å². The number of hydrogen-bond donors (Lipinski definition) is 0. The fourth-order valence-electron chi connectivity index (χ4n) is 0.919. The Labute approximate surface area is 71.5 Å². The van der Waals surface area contributed by atoms with E-state index in [1.165, 1.54) is 0 Å². The summed E-state index contributed by atoms with van der Waals surface area (Å²) >= 11 is 0. The lowest BCUT2D eigenvalue weighted by Crippen LogP contribution is -2.39. The first-order valence-electron chi connectivity index (χ1n) is 3.41. The Balaban J connectivity index is 0. The van der Waals surface area contributed by atoms with E-state index in [1.807, 2.05) is 0 Å². The Morgan fingerprint density at radius 2 is 0.900 bits per heavy atom. The van der Waals surface area contributed by atoms with Gasteiger partial charge in [-0.25, -0.2) is 0 Å². The van der Waals surface area contributed by atoms with Gasteiger partial charge >= 0.3 is 0 Å². The van der Waals surface area contributed by atoms with Crippen molar-refractivity contribution < 1.29 is 4.12 Å². The van der Waals surface area contributed by atoms with Crippen LogP contribution in [0, 0.1) is 0 Å². The minimum Gasteiger partial charge on any atom is -0.456 e. The van der Waals surface area contributed by atoms with Gasteiger partial charge in [-0.2, -0.15) is 0 Å². The van der Waals surface area contributed by atoms with Crippen LogP contribution in [0.4, 0.5) is 0 Å². The van der Waals surface area contributed by atoms with Crippen LogP contribution < -0.4 is 0 Å². The van der Waals surface area contributed by atoms with Gasteiger partial charge in [-0.3, -0.25) is 0 Å². The van der Waals surface area contributed by atoms with Gasteiger partial charge in [0.05, 0.1) is 0 Å². The maximum Gasteiger partial charge on any atom is 0.170 e. The van der Waals surface area contributed by atoms with Gasteiger partial charge in [-0.1, -0.05) is 0 Å². The van der Waals surface area contributed by atoms with Crippen molar-refractivity contribution in [2.24, 2.45) is 0 Å². The first-order chi connectivity index (χ1) is 3.71. The zero-order valence-corrected chi connectivity index (χ0v) is 9.41. The fourth-order valence-corrected chi connectivity index (χ4v) is 8.27. The SMILES string of the molecule is C[Si](C)(C)O[Si](C)(C)C.[SiH4]. The number of hydrogen-bond acceptors (Lipinski definition) is 1. The molecule has 0 spiro atoms. The lowest BCUT2D eigenvalue weighted by molar-refractivity contribution is 0.559. The predicted octanol–water partition coefficient (Wildman–Crippen LogP) is 1.22. The molecule has 0 fully saturated rings. The Hall–Kier alpha value is 0.611.